The number of hydrogen-bond donors (Lipinski definition) is 1. The fraction of sp³-hybridized carbons (Fsp3) is 0.556. The third-order valence-corrected chi connectivity index (χ3v) is 1.53. The SMILES string of the molecule is C=CC(=O)NN([C]=O)CCCCC. The molecule has 73 valence electrons. The molecule has 0 unspecified atom stereocenters. The zero-order valence-corrected chi connectivity index (χ0v) is 7.88. The van der Waals surface area contributed by atoms with Gasteiger partial charge >= 0.3 is 6.41 Å². The average Bonchev–Trinajstić information content (AvgIpc) is 2.16. The topological polar surface area (TPSA) is 49.4 Å². The number of hydrogen-bond acceptors (Lipinski definition) is 2. The van der Waals surface area contributed by atoms with Crippen molar-refractivity contribution in [3.63, 3.8) is 0 Å². The summed E-state index contributed by atoms with van der Waals surface area (Å²) in [6.07, 6.45) is 5.71. The van der Waals surface area contributed by atoms with Crippen molar-refractivity contribution in [2.45, 2.75) is 26.2 Å². The summed E-state index contributed by atoms with van der Waals surface area (Å²) < 4.78 is 0. The van der Waals surface area contributed by atoms with Crippen LogP contribution in [0.25, 0.3) is 0 Å². The second-order valence-electron chi connectivity index (χ2n) is 2.63. The van der Waals surface area contributed by atoms with Gasteiger partial charge < -0.3 is 0 Å². The molecule has 0 aromatic rings. The molecule has 0 aliphatic heterocycles. The number of carbonyl (C=O) groups excluding carboxylic acids is 2. The van der Waals surface area contributed by atoms with Crippen molar-refractivity contribution < 1.29 is 9.59 Å². The lowest BCUT2D eigenvalue weighted by Gasteiger charge is -2.15. The molecule has 0 aromatic heterocycles. The van der Waals surface area contributed by atoms with Crippen LogP contribution in [0.15, 0.2) is 12.7 Å². The Kier molecular flexibility index (Phi) is 6.59. The number of rotatable bonds is 7. The van der Waals surface area contributed by atoms with Gasteiger partial charge in [-0.25, -0.2) is 5.01 Å². The highest BCUT2D eigenvalue weighted by Crippen LogP contribution is 1.94. The third kappa shape index (κ3) is 5.90. The van der Waals surface area contributed by atoms with E-state index in [1.807, 2.05) is 0 Å². The quantitative estimate of drug-likeness (QED) is 0.274. The van der Waals surface area contributed by atoms with Crippen molar-refractivity contribution in [3.05, 3.63) is 12.7 Å². The highest BCUT2D eigenvalue weighted by atomic mass is 16.2. The summed E-state index contributed by atoms with van der Waals surface area (Å²) in [5, 5.41) is 1.11. The Labute approximate surface area is 78.6 Å². The molecule has 4 heteroatoms. The van der Waals surface area contributed by atoms with Crippen LogP contribution in [-0.2, 0) is 9.59 Å². The van der Waals surface area contributed by atoms with E-state index in [9.17, 15) is 9.59 Å². The van der Waals surface area contributed by atoms with Gasteiger partial charge in [0, 0.05) is 6.54 Å². The molecule has 0 fully saturated rings. The molecule has 1 radical (unpaired) electrons. The molecule has 13 heavy (non-hydrogen) atoms. The number of carbonyl (C=O) groups is 1. The van der Waals surface area contributed by atoms with E-state index in [2.05, 4.69) is 18.9 Å². The van der Waals surface area contributed by atoms with Crippen LogP contribution in [0.5, 0.6) is 0 Å². The Bertz CT molecular complexity index is 180. The molecule has 0 saturated heterocycles. The zero-order valence-electron chi connectivity index (χ0n) is 7.88. The Morgan fingerprint density at radius 2 is 2.31 bits per heavy atom. The van der Waals surface area contributed by atoms with Gasteiger partial charge in [0.25, 0.3) is 5.91 Å². The van der Waals surface area contributed by atoms with Crippen LogP contribution < -0.4 is 5.43 Å². The van der Waals surface area contributed by atoms with E-state index < -0.39 is 0 Å². The lowest BCUT2D eigenvalue weighted by Crippen LogP contribution is -2.40. The summed E-state index contributed by atoms with van der Waals surface area (Å²) in [5.74, 6) is -0.389. The number of amides is 2. The summed E-state index contributed by atoms with van der Waals surface area (Å²) >= 11 is 0. The van der Waals surface area contributed by atoms with E-state index in [1.54, 1.807) is 6.41 Å². The van der Waals surface area contributed by atoms with Crippen LogP contribution in [-0.4, -0.2) is 23.9 Å². The molecule has 0 heterocycles. The highest BCUT2D eigenvalue weighted by Gasteiger charge is 2.03. The summed E-state index contributed by atoms with van der Waals surface area (Å²) in [6.45, 7) is 5.84. The minimum absolute atomic E-state index is 0.389. The number of nitrogens with zero attached hydrogens (tertiary/aromatic N) is 1. The maximum absolute atomic E-state index is 10.8. The summed E-state index contributed by atoms with van der Waals surface area (Å²) in [5.41, 5.74) is 2.33. The predicted molar refractivity (Wildman–Crippen MR) is 50.3 cm³/mol. The zero-order chi connectivity index (χ0) is 10.1. The second-order valence-corrected chi connectivity index (χ2v) is 2.63. The monoisotopic (exact) mass is 183 g/mol. The fourth-order valence-corrected chi connectivity index (χ4v) is 0.823. The van der Waals surface area contributed by atoms with Gasteiger partial charge in [0.1, 0.15) is 0 Å². The maximum atomic E-state index is 10.8. The largest absolute Gasteiger partial charge is 0.332 e. The molecule has 0 bridgehead atoms. The van der Waals surface area contributed by atoms with Crippen LogP contribution in [0.3, 0.4) is 0 Å². The van der Waals surface area contributed by atoms with Gasteiger partial charge in [0.05, 0.1) is 0 Å². The van der Waals surface area contributed by atoms with Gasteiger partial charge in [-0.3, -0.25) is 15.0 Å². The fourth-order valence-electron chi connectivity index (χ4n) is 0.823. The van der Waals surface area contributed by atoms with Gasteiger partial charge in [0.2, 0.25) is 0 Å². The molecule has 0 saturated carbocycles. The third-order valence-electron chi connectivity index (χ3n) is 1.53. The Balaban J connectivity index is 3.68. The van der Waals surface area contributed by atoms with E-state index in [1.165, 1.54) is 0 Å². The summed E-state index contributed by atoms with van der Waals surface area (Å²) in [6, 6.07) is 0. The maximum Gasteiger partial charge on any atom is 0.332 e. The van der Waals surface area contributed by atoms with E-state index in [4.69, 9.17) is 0 Å². The van der Waals surface area contributed by atoms with Crippen molar-refractivity contribution in [2.75, 3.05) is 6.54 Å². The molecule has 1 N–H and O–H groups in total. The Morgan fingerprint density at radius 3 is 2.77 bits per heavy atom. The van der Waals surface area contributed by atoms with Crippen molar-refractivity contribution >= 4 is 12.3 Å². The number of nitrogens with one attached hydrogen (secondary N) is 1. The molecule has 2 amide bonds. The standard InChI is InChI=1S/C9H15N2O2/c1-3-5-6-7-11(8-12)10-9(13)4-2/h4H,2-3,5-7H2,1H3,(H,10,13). The first-order valence-electron chi connectivity index (χ1n) is 4.33. The Morgan fingerprint density at radius 1 is 1.62 bits per heavy atom. The molecule has 0 spiro atoms. The molecular weight excluding hydrogens is 168 g/mol. The van der Waals surface area contributed by atoms with Crippen LogP contribution in [0, 0.1) is 0 Å². The Hall–Kier alpha value is -1.32. The lowest BCUT2D eigenvalue weighted by atomic mass is 10.2. The minimum atomic E-state index is -0.389. The van der Waals surface area contributed by atoms with Crippen molar-refractivity contribution in [1.82, 2.24) is 10.4 Å². The predicted octanol–water partition coefficient (Wildman–Crippen LogP) is 0.763. The van der Waals surface area contributed by atoms with Gasteiger partial charge in [-0.1, -0.05) is 26.3 Å². The van der Waals surface area contributed by atoms with Crippen LogP contribution in [0.1, 0.15) is 26.2 Å². The first kappa shape index (κ1) is 11.7. The molecule has 0 aliphatic carbocycles. The van der Waals surface area contributed by atoms with Gasteiger partial charge in [-0.05, 0) is 12.5 Å². The molecule has 0 aliphatic rings. The number of hydrazine groups is 1. The van der Waals surface area contributed by atoms with E-state index in [0.29, 0.717) is 6.54 Å². The molecule has 0 aromatic carbocycles. The highest BCUT2D eigenvalue weighted by molar-refractivity contribution is 5.87. The molecular formula is C9H15N2O2. The summed E-state index contributed by atoms with van der Waals surface area (Å²) in [7, 11) is 0. The van der Waals surface area contributed by atoms with Crippen molar-refractivity contribution in [2.24, 2.45) is 0 Å². The smallest absolute Gasteiger partial charge is 0.268 e. The van der Waals surface area contributed by atoms with Gasteiger partial charge in [-0.15, -0.1) is 0 Å². The van der Waals surface area contributed by atoms with Gasteiger partial charge in [-0.2, -0.15) is 0 Å². The first-order chi connectivity index (χ1) is 6.24. The second kappa shape index (κ2) is 7.34. The summed E-state index contributed by atoms with van der Waals surface area (Å²) in [4.78, 5) is 21.1. The van der Waals surface area contributed by atoms with E-state index in [0.717, 1.165) is 30.3 Å². The molecule has 0 rings (SSSR count). The van der Waals surface area contributed by atoms with Crippen LogP contribution in [0.2, 0.25) is 0 Å². The van der Waals surface area contributed by atoms with Gasteiger partial charge in [0.15, 0.2) is 0 Å². The van der Waals surface area contributed by atoms with Crippen molar-refractivity contribution in [1.29, 1.82) is 0 Å². The molecule has 4 nitrogen and oxygen atoms in total. The van der Waals surface area contributed by atoms with E-state index >= 15 is 0 Å². The normalized spacial score (nSPS) is 9.00. The number of unbranched alkanes of at least 4 members (excludes halogenated alkanes) is 2. The van der Waals surface area contributed by atoms with Crippen LogP contribution in [0.4, 0.5) is 0 Å². The first-order valence-corrected chi connectivity index (χ1v) is 4.33. The van der Waals surface area contributed by atoms with E-state index in [-0.39, 0.29) is 5.91 Å². The minimum Gasteiger partial charge on any atom is -0.268 e. The lowest BCUT2D eigenvalue weighted by molar-refractivity contribution is -0.119. The molecule has 0 atom stereocenters. The average molecular weight is 183 g/mol. The van der Waals surface area contributed by atoms with Crippen LogP contribution >= 0.6 is 0 Å². The van der Waals surface area contributed by atoms with Crippen molar-refractivity contribution in [3.8, 4) is 0 Å².